The summed E-state index contributed by atoms with van der Waals surface area (Å²) in [6.45, 7) is 5.34. The zero-order valence-corrected chi connectivity index (χ0v) is 14.7. The van der Waals surface area contributed by atoms with Gasteiger partial charge in [-0.25, -0.2) is 0 Å². The van der Waals surface area contributed by atoms with Crippen LogP contribution >= 0.6 is 23.1 Å². The molecule has 118 valence electrons. The lowest BCUT2D eigenvalue weighted by molar-refractivity contribution is 0.0774. The van der Waals surface area contributed by atoms with Crippen molar-refractivity contribution in [1.29, 1.82) is 0 Å². The van der Waals surface area contributed by atoms with Gasteiger partial charge in [0.1, 0.15) is 11.0 Å². The molecule has 1 heterocycles. The second-order valence-electron chi connectivity index (χ2n) is 4.84. The summed E-state index contributed by atoms with van der Waals surface area (Å²) in [6.07, 6.45) is 1.27. The number of hydrogen-bond donors (Lipinski definition) is 1. The molecule has 1 amide bonds. The Balaban J connectivity index is 2.34. The molecule has 2 rings (SSSR count). The van der Waals surface area contributed by atoms with Gasteiger partial charge in [-0.05, 0) is 31.7 Å². The summed E-state index contributed by atoms with van der Waals surface area (Å²) < 4.78 is 0. The van der Waals surface area contributed by atoms with Crippen LogP contribution in [0, 0.1) is 0 Å². The number of thioether (sulfide) groups is 1. The smallest absolute Gasteiger partial charge is 0.265 e. The van der Waals surface area contributed by atoms with Crippen LogP contribution in [0.4, 0.5) is 0 Å². The topological polar surface area (TPSA) is 40.5 Å². The Kier molecular flexibility index (Phi) is 6.06. The molecule has 1 unspecified atom stereocenters. The maximum absolute atomic E-state index is 12.6. The molecule has 1 aromatic carbocycles. The fourth-order valence-corrected chi connectivity index (χ4v) is 4.29. The van der Waals surface area contributed by atoms with Gasteiger partial charge in [0.05, 0.1) is 0 Å². The number of aliphatic hydroxyl groups is 1. The molecule has 0 aliphatic carbocycles. The first kappa shape index (κ1) is 17.1. The number of carbonyl (C=O) groups is 1. The van der Waals surface area contributed by atoms with Crippen LogP contribution < -0.4 is 0 Å². The highest BCUT2D eigenvalue weighted by molar-refractivity contribution is 7.98. The fraction of sp³-hybridized carbons (Fsp3) is 0.353. The van der Waals surface area contributed by atoms with Crippen LogP contribution in [0.1, 0.15) is 40.1 Å². The number of aliphatic hydroxyl groups excluding tert-OH is 1. The van der Waals surface area contributed by atoms with E-state index in [4.69, 9.17) is 0 Å². The van der Waals surface area contributed by atoms with Crippen LogP contribution in [0.3, 0.4) is 0 Å². The third kappa shape index (κ3) is 3.54. The Hall–Kier alpha value is -1.30. The van der Waals surface area contributed by atoms with E-state index in [9.17, 15) is 9.90 Å². The Morgan fingerprint density at radius 1 is 1.27 bits per heavy atom. The highest BCUT2D eigenvalue weighted by Crippen LogP contribution is 2.36. The third-order valence-corrected chi connectivity index (χ3v) is 5.63. The lowest BCUT2D eigenvalue weighted by atomic mass is 10.1. The van der Waals surface area contributed by atoms with Crippen molar-refractivity contribution in [3.05, 3.63) is 51.7 Å². The summed E-state index contributed by atoms with van der Waals surface area (Å²) in [5, 5.41) is 10.5. The van der Waals surface area contributed by atoms with Crippen molar-refractivity contribution >= 4 is 29.0 Å². The number of amides is 1. The van der Waals surface area contributed by atoms with E-state index in [0.29, 0.717) is 13.1 Å². The average molecular weight is 335 g/mol. The zero-order valence-electron chi connectivity index (χ0n) is 13.1. The normalized spacial score (nSPS) is 12.2. The summed E-state index contributed by atoms with van der Waals surface area (Å²) in [4.78, 5) is 16.9. The van der Waals surface area contributed by atoms with Crippen molar-refractivity contribution in [2.24, 2.45) is 0 Å². The van der Waals surface area contributed by atoms with E-state index >= 15 is 0 Å². The number of hydrogen-bond acceptors (Lipinski definition) is 4. The molecule has 0 fully saturated rings. The first-order valence-corrected chi connectivity index (χ1v) is 9.36. The Morgan fingerprint density at radius 3 is 2.45 bits per heavy atom. The molecule has 0 bridgehead atoms. The largest absolute Gasteiger partial charge is 0.383 e. The van der Waals surface area contributed by atoms with Crippen LogP contribution in [0.5, 0.6) is 0 Å². The molecule has 0 saturated carbocycles. The van der Waals surface area contributed by atoms with Gasteiger partial charge < -0.3 is 10.0 Å². The second kappa shape index (κ2) is 7.81. The molecule has 1 aromatic heterocycles. The van der Waals surface area contributed by atoms with Crippen molar-refractivity contribution in [3.63, 3.8) is 0 Å². The number of rotatable bonds is 6. The zero-order chi connectivity index (χ0) is 16.1. The van der Waals surface area contributed by atoms with Crippen molar-refractivity contribution in [2.75, 3.05) is 19.3 Å². The van der Waals surface area contributed by atoms with Gasteiger partial charge in [-0.3, -0.25) is 4.79 Å². The molecule has 2 aromatic rings. The van der Waals surface area contributed by atoms with E-state index in [0.717, 1.165) is 20.2 Å². The Morgan fingerprint density at radius 2 is 1.91 bits per heavy atom. The molecule has 0 aliphatic heterocycles. The first-order valence-electron chi connectivity index (χ1n) is 7.32. The number of benzene rings is 1. The summed E-state index contributed by atoms with van der Waals surface area (Å²) in [5.74, 6) is 0.0471. The van der Waals surface area contributed by atoms with Crippen LogP contribution in [-0.4, -0.2) is 35.3 Å². The van der Waals surface area contributed by atoms with E-state index in [2.05, 4.69) is 0 Å². The van der Waals surface area contributed by atoms with E-state index in [-0.39, 0.29) is 5.91 Å². The summed E-state index contributed by atoms with van der Waals surface area (Å²) in [6, 6.07) is 11.5. The first-order chi connectivity index (χ1) is 10.6. The maximum Gasteiger partial charge on any atom is 0.265 e. The van der Waals surface area contributed by atoms with E-state index < -0.39 is 6.10 Å². The summed E-state index contributed by atoms with van der Waals surface area (Å²) in [5.41, 5.74) is 0.846. The highest BCUT2D eigenvalue weighted by atomic mass is 32.2. The molecular formula is C17H21NO2S2. The van der Waals surface area contributed by atoms with Gasteiger partial charge in [0.25, 0.3) is 5.91 Å². The molecule has 0 aliphatic rings. The van der Waals surface area contributed by atoms with Crippen molar-refractivity contribution in [1.82, 2.24) is 4.90 Å². The van der Waals surface area contributed by atoms with Crippen LogP contribution in [0.25, 0.3) is 0 Å². The van der Waals surface area contributed by atoms with Gasteiger partial charge in [0.15, 0.2) is 0 Å². The highest BCUT2D eigenvalue weighted by Gasteiger charge is 2.23. The Bertz CT molecular complexity index is 621. The van der Waals surface area contributed by atoms with Gasteiger partial charge in [-0.1, -0.05) is 30.3 Å². The monoisotopic (exact) mass is 335 g/mol. The maximum atomic E-state index is 12.6. The molecule has 3 nitrogen and oxygen atoms in total. The molecule has 1 N–H and O–H groups in total. The van der Waals surface area contributed by atoms with Gasteiger partial charge >= 0.3 is 0 Å². The predicted molar refractivity (Wildman–Crippen MR) is 93.9 cm³/mol. The molecule has 0 saturated heterocycles. The van der Waals surface area contributed by atoms with E-state index in [1.807, 2.05) is 61.4 Å². The molecule has 22 heavy (non-hydrogen) atoms. The minimum Gasteiger partial charge on any atom is -0.383 e. The standard InChI is InChI=1S/C17H21NO2S2/c1-4-18(5-2)17(20)16-14(21-3)11-13(22-16)15(19)12-9-7-6-8-10-12/h6-11,15,19H,4-5H2,1-3H3. The molecular weight excluding hydrogens is 314 g/mol. The average Bonchev–Trinajstić information content (AvgIpc) is 3.00. The molecule has 0 spiro atoms. The lowest BCUT2D eigenvalue weighted by Crippen LogP contribution is -2.30. The third-order valence-electron chi connectivity index (χ3n) is 3.57. The van der Waals surface area contributed by atoms with Crippen molar-refractivity contribution < 1.29 is 9.90 Å². The predicted octanol–water partition coefficient (Wildman–Crippen LogP) is 4.03. The van der Waals surface area contributed by atoms with E-state index in [1.165, 1.54) is 11.3 Å². The Labute approximate surface area is 140 Å². The lowest BCUT2D eigenvalue weighted by Gasteiger charge is -2.18. The van der Waals surface area contributed by atoms with Crippen molar-refractivity contribution in [2.45, 2.75) is 24.8 Å². The quantitative estimate of drug-likeness (QED) is 0.810. The SMILES string of the molecule is CCN(CC)C(=O)c1sc(C(O)c2ccccc2)cc1SC. The van der Waals surface area contributed by atoms with Crippen LogP contribution in [-0.2, 0) is 0 Å². The molecule has 5 heteroatoms. The van der Waals surface area contributed by atoms with Gasteiger partial charge in [-0.2, -0.15) is 0 Å². The van der Waals surface area contributed by atoms with Gasteiger partial charge in [-0.15, -0.1) is 23.1 Å². The minimum atomic E-state index is -0.685. The van der Waals surface area contributed by atoms with Gasteiger partial charge in [0.2, 0.25) is 0 Å². The molecule has 0 radical (unpaired) electrons. The number of nitrogens with zero attached hydrogens (tertiary/aromatic N) is 1. The van der Waals surface area contributed by atoms with Crippen molar-refractivity contribution in [3.8, 4) is 0 Å². The van der Waals surface area contributed by atoms with Crippen LogP contribution in [0.2, 0.25) is 0 Å². The minimum absolute atomic E-state index is 0.0471. The summed E-state index contributed by atoms with van der Waals surface area (Å²) in [7, 11) is 0. The van der Waals surface area contributed by atoms with E-state index in [1.54, 1.807) is 11.8 Å². The number of thiophene rings is 1. The summed E-state index contributed by atoms with van der Waals surface area (Å²) >= 11 is 2.94. The second-order valence-corrected chi connectivity index (χ2v) is 6.77. The van der Waals surface area contributed by atoms with Crippen LogP contribution in [0.15, 0.2) is 41.3 Å². The fourth-order valence-electron chi connectivity index (χ4n) is 2.28. The van der Waals surface area contributed by atoms with Gasteiger partial charge in [0, 0.05) is 22.9 Å². The molecule has 1 atom stereocenters. The number of carbonyl (C=O) groups excluding carboxylic acids is 1.